The van der Waals surface area contributed by atoms with Gasteiger partial charge in [-0.25, -0.2) is 9.78 Å². The lowest BCUT2D eigenvalue weighted by atomic mass is 9.85. The molecule has 1 atom stereocenters. The number of hydrogen-bond acceptors (Lipinski definition) is 2. The molecule has 140 valence electrons. The Morgan fingerprint density at radius 1 is 1.31 bits per heavy atom. The van der Waals surface area contributed by atoms with E-state index >= 15 is 0 Å². The summed E-state index contributed by atoms with van der Waals surface area (Å²) in [6.07, 6.45) is 7.45. The first-order valence-electron chi connectivity index (χ1n) is 9.61. The molecule has 1 fully saturated rings. The Labute approximate surface area is 156 Å². The molecule has 0 aliphatic heterocycles. The van der Waals surface area contributed by atoms with Crippen LogP contribution in [0.2, 0.25) is 0 Å². The van der Waals surface area contributed by atoms with Crippen molar-refractivity contribution in [1.29, 1.82) is 0 Å². The molecule has 5 nitrogen and oxygen atoms in total. The zero-order valence-corrected chi connectivity index (χ0v) is 16.1. The van der Waals surface area contributed by atoms with E-state index in [1.165, 1.54) is 24.8 Å². The van der Waals surface area contributed by atoms with Crippen LogP contribution < -0.4 is 5.32 Å². The van der Waals surface area contributed by atoms with Crippen molar-refractivity contribution in [2.24, 2.45) is 18.9 Å². The zero-order chi connectivity index (χ0) is 18.5. The summed E-state index contributed by atoms with van der Waals surface area (Å²) >= 11 is 0. The van der Waals surface area contributed by atoms with Crippen molar-refractivity contribution in [3.05, 3.63) is 54.1 Å². The van der Waals surface area contributed by atoms with Gasteiger partial charge < -0.3 is 14.8 Å². The minimum atomic E-state index is -0.0952. The van der Waals surface area contributed by atoms with Gasteiger partial charge in [0.25, 0.3) is 0 Å². The standard InChI is InChI=1S/C21H30N4O/c1-16(2)19(20-22-12-13-24(20)3)23-21(26)25(15-18-10-7-11-18)14-17-8-5-4-6-9-17/h4-6,8-9,12-13,16,18-19H,7,10-11,14-15H2,1-3H3,(H,23,26). The number of hydrogen-bond donors (Lipinski definition) is 1. The summed E-state index contributed by atoms with van der Waals surface area (Å²) in [5, 5.41) is 3.24. The smallest absolute Gasteiger partial charge is 0.318 e. The second-order valence-electron chi connectivity index (χ2n) is 7.73. The molecule has 3 rings (SSSR count). The van der Waals surface area contributed by atoms with Gasteiger partial charge in [0.05, 0.1) is 6.04 Å². The number of nitrogens with zero attached hydrogens (tertiary/aromatic N) is 3. The molecular formula is C21H30N4O. The zero-order valence-electron chi connectivity index (χ0n) is 16.1. The fraction of sp³-hybridized carbons (Fsp3) is 0.524. The average Bonchev–Trinajstić information content (AvgIpc) is 3.00. The second kappa shape index (κ2) is 8.39. The van der Waals surface area contributed by atoms with Crippen LogP contribution >= 0.6 is 0 Å². The molecule has 1 aromatic heterocycles. The third-order valence-electron chi connectivity index (χ3n) is 5.29. The van der Waals surface area contributed by atoms with Crippen molar-refractivity contribution >= 4 is 6.03 Å². The Hall–Kier alpha value is -2.30. The average molecular weight is 354 g/mol. The maximum absolute atomic E-state index is 13.1. The number of urea groups is 1. The summed E-state index contributed by atoms with van der Waals surface area (Å²) in [5.41, 5.74) is 1.17. The van der Waals surface area contributed by atoms with Gasteiger partial charge in [0.1, 0.15) is 5.82 Å². The lowest BCUT2D eigenvalue weighted by Crippen LogP contribution is -2.45. The van der Waals surface area contributed by atoms with Crippen LogP contribution in [-0.2, 0) is 13.6 Å². The van der Waals surface area contributed by atoms with E-state index in [1.807, 2.05) is 40.9 Å². The van der Waals surface area contributed by atoms with Gasteiger partial charge in [0.15, 0.2) is 0 Å². The highest BCUT2D eigenvalue weighted by Crippen LogP contribution is 2.28. The van der Waals surface area contributed by atoms with Crippen molar-refractivity contribution in [2.45, 2.75) is 45.7 Å². The third kappa shape index (κ3) is 4.45. The summed E-state index contributed by atoms with van der Waals surface area (Å²) in [6.45, 7) is 5.71. The van der Waals surface area contributed by atoms with Crippen LogP contribution in [0.15, 0.2) is 42.7 Å². The molecule has 2 amide bonds. The number of carbonyl (C=O) groups is 1. The summed E-state index contributed by atoms with van der Waals surface area (Å²) in [5.74, 6) is 1.80. The van der Waals surface area contributed by atoms with Gasteiger partial charge in [-0.3, -0.25) is 0 Å². The van der Waals surface area contributed by atoms with Crippen LogP contribution in [0.1, 0.15) is 50.5 Å². The number of imidazole rings is 1. The summed E-state index contributed by atoms with van der Waals surface area (Å²) in [7, 11) is 1.97. The van der Waals surface area contributed by atoms with Gasteiger partial charge >= 0.3 is 6.03 Å². The van der Waals surface area contributed by atoms with E-state index in [0.717, 1.165) is 12.4 Å². The van der Waals surface area contributed by atoms with Crippen molar-refractivity contribution in [2.75, 3.05) is 6.54 Å². The Morgan fingerprint density at radius 2 is 2.04 bits per heavy atom. The van der Waals surface area contributed by atoms with Crippen molar-refractivity contribution in [1.82, 2.24) is 19.8 Å². The Kier molecular flexibility index (Phi) is 5.96. The molecule has 1 aliphatic rings. The molecule has 1 saturated carbocycles. The van der Waals surface area contributed by atoms with E-state index < -0.39 is 0 Å². The SMILES string of the molecule is CC(C)C(NC(=O)N(Cc1ccccc1)CC1CCC1)c1nccn1C. The van der Waals surface area contributed by atoms with Crippen LogP contribution in [0.4, 0.5) is 4.79 Å². The maximum atomic E-state index is 13.1. The lowest BCUT2D eigenvalue weighted by molar-refractivity contribution is 0.158. The highest BCUT2D eigenvalue weighted by Gasteiger charge is 2.27. The van der Waals surface area contributed by atoms with E-state index in [2.05, 4.69) is 36.3 Å². The Morgan fingerprint density at radius 3 is 2.58 bits per heavy atom. The number of rotatable bonds is 7. The van der Waals surface area contributed by atoms with Crippen LogP contribution in [0.3, 0.4) is 0 Å². The van der Waals surface area contributed by atoms with Gasteiger partial charge in [-0.2, -0.15) is 0 Å². The predicted molar refractivity (Wildman–Crippen MR) is 104 cm³/mol. The van der Waals surface area contributed by atoms with E-state index in [-0.39, 0.29) is 18.0 Å². The highest BCUT2D eigenvalue weighted by molar-refractivity contribution is 5.74. The second-order valence-corrected chi connectivity index (χ2v) is 7.73. The molecule has 0 spiro atoms. The number of aromatic nitrogens is 2. The predicted octanol–water partition coefficient (Wildman–Crippen LogP) is 4.13. The van der Waals surface area contributed by atoms with Crippen LogP contribution in [-0.4, -0.2) is 27.0 Å². The van der Waals surface area contributed by atoms with Crippen molar-refractivity contribution in [3.63, 3.8) is 0 Å². The molecule has 5 heteroatoms. The number of nitrogens with one attached hydrogen (secondary N) is 1. The van der Waals surface area contributed by atoms with Gasteiger partial charge in [-0.1, -0.05) is 50.6 Å². The van der Waals surface area contributed by atoms with Gasteiger partial charge in [-0.15, -0.1) is 0 Å². The van der Waals surface area contributed by atoms with Gasteiger partial charge in [-0.05, 0) is 30.2 Å². The molecule has 0 radical (unpaired) electrons. The van der Waals surface area contributed by atoms with E-state index in [1.54, 1.807) is 6.20 Å². The minimum absolute atomic E-state index is 0.00227. The quantitative estimate of drug-likeness (QED) is 0.813. The summed E-state index contributed by atoms with van der Waals surface area (Å²) in [4.78, 5) is 19.5. The van der Waals surface area contributed by atoms with Crippen LogP contribution in [0, 0.1) is 11.8 Å². The van der Waals surface area contributed by atoms with Gasteiger partial charge in [0.2, 0.25) is 0 Å². The molecule has 0 saturated heterocycles. The largest absolute Gasteiger partial charge is 0.336 e. The van der Waals surface area contributed by atoms with Gasteiger partial charge in [0, 0.05) is 32.5 Å². The highest BCUT2D eigenvalue weighted by atomic mass is 16.2. The molecular weight excluding hydrogens is 324 g/mol. The minimum Gasteiger partial charge on any atom is -0.336 e. The molecule has 26 heavy (non-hydrogen) atoms. The number of carbonyl (C=O) groups excluding carboxylic acids is 1. The van der Waals surface area contributed by atoms with Crippen molar-refractivity contribution in [3.8, 4) is 0 Å². The number of aryl methyl sites for hydroxylation is 1. The molecule has 1 aromatic carbocycles. The third-order valence-corrected chi connectivity index (χ3v) is 5.29. The lowest BCUT2D eigenvalue weighted by Gasteiger charge is -2.34. The first-order chi connectivity index (χ1) is 12.5. The maximum Gasteiger partial charge on any atom is 0.318 e. The number of amides is 2. The fourth-order valence-electron chi connectivity index (χ4n) is 3.44. The summed E-state index contributed by atoms with van der Waals surface area (Å²) < 4.78 is 1.98. The molecule has 1 aliphatic carbocycles. The van der Waals surface area contributed by atoms with Crippen LogP contribution in [0.25, 0.3) is 0 Å². The van der Waals surface area contributed by atoms with Crippen molar-refractivity contribution < 1.29 is 4.79 Å². The molecule has 2 aromatic rings. The Bertz CT molecular complexity index is 706. The molecule has 0 bridgehead atoms. The molecule has 1 N–H and O–H groups in total. The van der Waals surface area contributed by atoms with E-state index in [0.29, 0.717) is 12.5 Å². The first-order valence-corrected chi connectivity index (χ1v) is 9.61. The first kappa shape index (κ1) is 18.5. The summed E-state index contributed by atoms with van der Waals surface area (Å²) in [6, 6.07) is 10.1. The molecule has 1 heterocycles. The fourth-order valence-corrected chi connectivity index (χ4v) is 3.44. The monoisotopic (exact) mass is 354 g/mol. The van der Waals surface area contributed by atoms with Crippen LogP contribution in [0.5, 0.6) is 0 Å². The molecule has 1 unspecified atom stereocenters. The topological polar surface area (TPSA) is 50.2 Å². The number of benzene rings is 1. The van der Waals surface area contributed by atoms with E-state index in [9.17, 15) is 4.79 Å². The Balaban J connectivity index is 1.73. The normalized spacial score (nSPS) is 15.5. The van der Waals surface area contributed by atoms with E-state index in [4.69, 9.17) is 0 Å².